The third-order valence-electron chi connectivity index (χ3n) is 3.38. The van der Waals surface area contributed by atoms with Crippen molar-refractivity contribution in [1.29, 1.82) is 0 Å². The van der Waals surface area contributed by atoms with Crippen LogP contribution >= 0.6 is 0 Å². The van der Waals surface area contributed by atoms with Gasteiger partial charge in [0, 0.05) is 5.92 Å². The molecule has 0 amide bonds. The monoisotopic (exact) mass is 249 g/mol. The van der Waals surface area contributed by atoms with Crippen LogP contribution in [0.3, 0.4) is 0 Å². The van der Waals surface area contributed by atoms with Gasteiger partial charge in [-0.05, 0) is 23.2 Å². The molecule has 0 unspecified atom stereocenters. The Kier molecular flexibility index (Phi) is 2.95. The summed E-state index contributed by atoms with van der Waals surface area (Å²) in [5, 5.41) is 11.2. The van der Waals surface area contributed by atoms with Gasteiger partial charge in [0.15, 0.2) is 5.82 Å². The highest BCUT2D eigenvalue weighted by atomic mass is 16.6. The molecule has 1 fully saturated rings. The van der Waals surface area contributed by atoms with E-state index in [-0.39, 0.29) is 11.7 Å². The molecular formula is C11H15N5O2. The Morgan fingerprint density at radius 2 is 1.78 bits per heavy atom. The van der Waals surface area contributed by atoms with Gasteiger partial charge in [0.25, 0.3) is 5.89 Å². The smallest absolute Gasteiger partial charge is 0.284 e. The maximum atomic E-state index is 5.59. The van der Waals surface area contributed by atoms with Gasteiger partial charge in [0.2, 0.25) is 11.5 Å². The molecule has 2 aromatic heterocycles. The van der Waals surface area contributed by atoms with E-state index in [4.69, 9.17) is 10.3 Å². The molecule has 0 saturated heterocycles. The van der Waals surface area contributed by atoms with Crippen molar-refractivity contribution in [2.45, 2.75) is 44.4 Å². The van der Waals surface area contributed by atoms with E-state index in [1.54, 1.807) is 0 Å². The third-order valence-corrected chi connectivity index (χ3v) is 3.38. The summed E-state index contributed by atoms with van der Waals surface area (Å²) in [4.78, 5) is 4.36. The van der Waals surface area contributed by atoms with Crippen molar-refractivity contribution in [3.63, 3.8) is 0 Å². The van der Waals surface area contributed by atoms with Crippen LogP contribution in [0.1, 0.15) is 50.3 Å². The quantitative estimate of drug-likeness (QED) is 0.813. The van der Waals surface area contributed by atoms with Gasteiger partial charge in [-0.2, -0.15) is 4.98 Å². The highest BCUT2D eigenvalue weighted by Crippen LogP contribution is 2.31. The lowest BCUT2D eigenvalue weighted by molar-refractivity contribution is 0.308. The predicted octanol–water partition coefficient (Wildman–Crippen LogP) is 2.14. The van der Waals surface area contributed by atoms with Crippen molar-refractivity contribution < 1.29 is 9.15 Å². The molecule has 0 atom stereocenters. The SMILES string of the molecule is Nc1nonc1-c1nc(C2CCCCCC2)no1. The summed E-state index contributed by atoms with van der Waals surface area (Å²) in [5.74, 6) is 1.58. The summed E-state index contributed by atoms with van der Waals surface area (Å²) >= 11 is 0. The lowest BCUT2D eigenvalue weighted by Crippen LogP contribution is -1.99. The molecule has 0 bridgehead atoms. The number of rotatable bonds is 2. The van der Waals surface area contributed by atoms with Gasteiger partial charge in [-0.1, -0.05) is 30.8 Å². The zero-order valence-corrected chi connectivity index (χ0v) is 10.0. The molecule has 3 rings (SSSR count). The average Bonchev–Trinajstić information content (AvgIpc) is 2.91. The average molecular weight is 249 g/mol. The van der Waals surface area contributed by atoms with Gasteiger partial charge in [-0.3, -0.25) is 0 Å². The summed E-state index contributed by atoms with van der Waals surface area (Å²) in [6, 6.07) is 0. The normalized spacial score (nSPS) is 17.8. The van der Waals surface area contributed by atoms with Gasteiger partial charge in [0.1, 0.15) is 0 Å². The first-order chi connectivity index (χ1) is 8.84. The van der Waals surface area contributed by atoms with Gasteiger partial charge in [0.05, 0.1) is 0 Å². The molecule has 96 valence electrons. The third kappa shape index (κ3) is 2.07. The van der Waals surface area contributed by atoms with E-state index in [0.717, 1.165) is 18.7 Å². The van der Waals surface area contributed by atoms with Crippen LogP contribution in [0.15, 0.2) is 9.15 Å². The van der Waals surface area contributed by atoms with Crippen molar-refractivity contribution in [3.05, 3.63) is 5.82 Å². The van der Waals surface area contributed by atoms with E-state index in [2.05, 4.69) is 25.1 Å². The number of aromatic nitrogens is 4. The van der Waals surface area contributed by atoms with Crippen molar-refractivity contribution in [2.75, 3.05) is 5.73 Å². The van der Waals surface area contributed by atoms with Gasteiger partial charge >= 0.3 is 0 Å². The van der Waals surface area contributed by atoms with Crippen LogP contribution in [-0.2, 0) is 0 Å². The molecule has 7 heteroatoms. The predicted molar refractivity (Wildman–Crippen MR) is 62.4 cm³/mol. The molecule has 1 saturated carbocycles. The second-order valence-corrected chi connectivity index (χ2v) is 4.64. The highest BCUT2D eigenvalue weighted by Gasteiger charge is 2.22. The molecule has 18 heavy (non-hydrogen) atoms. The Balaban J connectivity index is 1.82. The van der Waals surface area contributed by atoms with Crippen molar-refractivity contribution >= 4 is 5.82 Å². The first kappa shape index (κ1) is 11.2. The van der Waals surface area contributed by atoms with E-state index in [9.17, 15) is 0 Å². The van der Waals surface area contributed by atoms with Crippen LogP contribution in [0, 0.1) is 0 Å². The number of hydrogen-bond donors (Lipinski definition) is 1. The molecule has 2 N–H and O–H groups in total. The number of nitrogens with two attached hydrogens (primary N) is 1. The number of anilines is 1. The van der Waals surface area contributed by atoms with E-state index in [1.807, 2.05) is 0 Å². The van der Waals surface area contributed by atoms with E-state index in [0.29, 0.717) is 11.6 Å². The fourth-order valence-corrected chi connectivity index (χ4v) is 2.38. The fraction of sp³-hybridized carbons (Fsp3) is 0.636. The number of nitrogen functional groups attached to an aromatic ring is 1. The zero-order valence-electron chi connectivity index (χ0n) is 10.0. The Labute approximate surface area is 104 Å². The zero-order chi connectivity index (χ0) is 12.4. The largest absolute Gasteiger partial charge is 0.379 e. The molecule has 1 aliphatic carbocycles. The molecule has 1 aliphatic rings. The van der Waals surface area contributed by atoms with E-state index < -0.39 is 0 Å². The topological polar surface area (TPSA) is 104 Å². The van der Waals surface area contributed by atoms with Crippen LogP contribution in [0.4, 0.5) is 5.82 Å². The number of hydrogen-bond acceptors (Lipinski definition) is 7. The van der Waals surface area contributed by atoms with Gasteiger partial charge in [-0.25, -0.2) is 4.63 Å². The first-order valence-electron chi connectivity index (χ1n) is 6.26. The van der Waals surface area contributed by atoms with E-state index in [1.165, 1.54) is 25.7 Å². The molecule has 0 radical (unpaired) electrons. The maximum absolute atomic E-state index is 5.59. The highest BCUT2D eigenvalue weighted by molar-refractivity contribution is 5.60. The standard InChI is InChI=1S/C11H15N5O2/c12-9-8(14-18-15-9)11-13-10(16-17-11)7-5-3-1-2-4-6-7/h7H,1-6H2,(H2,12,15). The van der Waals surface area contributed by atoms with Crippen LogP contribution in [0.25, 0.3) is 11.6 Å². The molecule has 0 aliphatic heterocycles. The minimum atomic E-state index is 0.172. The molecule has 2 aromatic rings. The Bertz CT molecular complexity index is 513. The number of nitrogens with zero attached hydrogens (tertiary/aromatic N) is 4. The fourth-order valence-electron chi connectivity index (χ4n) is 2.38. The molecule has 2 heterocycles. The van der Waals surface area contributed by atoms with Crippen LogP contribution in [-0.4, -0.2) is 20.5 Å². The van der Waals surface area contributed by atoms with E-state index >= 15 is 0 Å². The molecule has 0 aromatic carbocycles. The summed E-state index contributed by atoms with van der Waals surface area (Å²) in [6.07, 6.45) is 7.27. The minimum Gasteiger partial charge on any atom is -0.379 e. The Hall–Kier alpha value is -1.92. The van der Waals surface area contributed by atoms with Crippen LogP contribution in [0.2, 0.25) is 0 Å². The molecule has 7 nitrogen and oxygen atoms in total. The summed E-state index contributed by atoms with van der Waals surface area (Å²) in [5.41, 5.74) is 5.91. The summed E-state index contributed by atoms with van der Waals surface area (Å²) in [7, 11) is 0. The maximum Gasteiger partial charge on any atom is 0.284 e. The van der Waals surface area contributed by atoms with Crippen molar-refractivity contribution in [3.8, 4) is 11.6 Å². The van der Waals surface area contributed by atoms with Gasteiger partial charge < -0.3 is 10.3 Å². The Morgan fingerprint density at radius 3 is 2.44 bits per heavy atom. The van der Waals surface area contributed by atoms with Crippen LogP contribution < -0.4 is 5.73 Å². The lowest BCUT2D eigenvalue weighted by Gasteiger charge is -2.07. The molecular weight excluding hydrogens is 234 g/mol. The van der Waals surface area contributed by atoms with Crippen LogP contribution in [0.5, 0.6) is 0 Å². The van der Waals surface area contributed by atoms with Gasteiger partial charge in [-0.15, -0.1) is 0 Å². The summed E-state index contributed by atoms with van der Waals surface area (Å²) in [6.45, 7) is 0. The second-order valence-electron chi connectivity index (χ2n) is 4.64. The second kappa shape index (κ2) is 4.75. The Morgan fingerprint density at radius 1 is 1.00 bits per heavy atom. The minimum absolute atomic E-state index is 0.172. The lowest BCUT2D eigenvalue weighted by atomic mass is 10.00. The van der Waals surface area contributed by atoms with Crippen molar-refractivity contribution in [2.24, 2.45) is 0 Å². The first-order valence-corrected chi connectivity index (χ1v) is 6.26. The summed E-state index contributed by atoms with van der Waals surface area (Å²) < 4.78 is 9.70. The molecule has 0 spiro atoms. The van der Waals surface area contributed by atoms with Crippen molar-refractivity contribution in [1.82, 2.24) is 20.5 Å².